The van der Waals surface area contributed by atoms with Crippen LogP contribution in [0.15, 0.2) is 0 Å². The van der Waals surface area contributed by atoms with E-state index in [2.05, 4.69) is 26.1 Å². The molecule has 1 amide bonds. The molecule has 4 nitrogen and oxygen atoms in total. The molecule has 0 aliphatic heterocycles. The fourth-order valence-corrected chi connectivity index (χ4v) is 1.01. The maximum atomic E-state index is 10.8. The molecule has 0 spiro atoms. The summed E-state index contributed by atoms with van der Waals surface area (Å²) in [5.74, 6) is -0.275. The number of aliphatic hydroxyl groups is 1. The lowest BCUT2D eigenvalue weighted by atomic mass is 9.91. The number of aliphatic hydroxyl groups excluding tert-OH is 1. The average molecular weight is 203 g/mol. The predicted octanol–water partition coefficient (Wildman–Crippen LogP) is 0.895. The fourth-order valence-electron chi connectivity index (χ4n) is 1.01. The standard InChI is InChI=1S/C10H21NO3/c1-10(2,3)5-4-6-14-7-9(13)11-8-12/h12H,4-8H2,1-3H3,(H,11,13). The summed E-state index contributed by atoms with van der Waals surface area (Å²) < 4.78 is 5.12. The summed E-state index contributed by atoms with van der Waals surface area (Å²) >= 11 is 0. The van der Waals surface area contributed by atoms with Gasteiger partial charge >= 0.3 is 0 Å². The van der Waals surface area contributed by atoms with E-state index in [0.29, 0.717) is 12.0 Å². The highest BCUT2D eigenvalue weighted by molar-refractivity contribution is 5.76. The highest BCUT2D eigenvalue weighted by atomic mass is 16.5. The monoisotopic (exact) mass is 203 g/mol. The minimum atomic E-state index is -0.329. The van der Waals surface area contributed by atoms with Crippen LogP contribution in [0.3, 0.4) is 0 Å². The molecule has 0 aromatic carbocycles. The molecule has 0 saturated heterocycles. The second kappa shape index (κ2) is 6.79. The Labute approximate surface area is 85.6 Å². The van der Waals surface area contributed by atoms with Crippen LogP contribution < -0.4 is 5.32 Å². The molecule has 0 aromatic heterocycles. The van der Waals surface area contributed by atoms with Crippen LogP contribution in [0.2, 0.25) is 0 Å². The zero-order valence-electron chi connectivity index (χ0n) is 9.30. The molecule has 2 N–H and O–H groups in total. The molecule has 4 heteroatoms. The quantitative estimate of drug-likeness (QED) is 0.498. The number of ether oxygens (including phenoxy) is 1. The minimum Gasteiger partial charge on any atom is -0.376 e. The summed E-state index contributed by atoms with van der Waals surface area (Å²) in [4.78, 5) is 10.8. The molecule has 0 rings (SSSR count). The van der Waals surface area contributed by atoms with E-state index >= 15 is 0 Å². The zero-order chi connectivity index (χ0) is 11.0. The molecule has 0 bridgehead atoms. The molecule has 14 heavy (non-hydrogen) atoms. The van der Waals surface area contributed by atoms with Crippen molar-refractivity contribution in [1.82, 2.24) is 5.32 Å². The predicted molar refractivity (Wildman–Crippen MR) is 54.7 cm³/mol. The van der Waals surface area contributed by atoms with Gasteiger partial charge in [-0.05, 0) is 18.3 Å². The van der Waals surface area contributed by atoms with Crippen molar-refractivity contribution in [3.8, 4) is 0 Å². The number of amides is 1. The van der Waals surface area contributed by atoms with E-state index in [4.69, 9.17) is 9.84 Å². The summed E-state index contributed by atoms with van der Waals surface area (Å²) in [6.07, 6.45) is 2.03. The maximum Gasteiger partial charge on any atom is 0.247 e. The zero-order valence-corrected chi connectivity index (χ0v) is 9.30. The second-order valence-corrected chi connectivity index (χ2v) is 4.47. The molecule has 0 radical (unpaired) electrons. The van der Waals surface area contributed by atoms with E-state index in [-0.39, 0.29) is 19.2 Å². The first-order chi connectivity index (χ1) is 6.45. The van der Waals surface area contributed by atoms with Gasteiger partial charge in [0.2, 0.25) is 5.91 Å². The van der Waals surface area contributed by atoms with E-state index < -0.39 is 0 Å². The molecule has 0 aliphatic rings. The topological polar surface area (TPSA) is 58.6 Å². The molecule has 0 unspecified atom stereocenters. The summed E-state index contributed by atoms with van der Waals surface area (Å²) in [6.45, 7) is 6.81. The van der Waals surface area contributed by atoms with Crippen molar-refractivity contribution >= 4 is 5.91 Å². The summed E-state index contributed by atoms with van der Waals surface area (Å²) in [6, 6.07) is 0. The van der Waals surface area contributed by atoms with Crippen LogP contribution in [0, 0.1) is 5.41 Å². The van der Waals surface area contributed by atoms with Crippen LogP contribution in [0.4, 0.5) is 0 Å². The second-order valence-electron chi connectivity index (χ2n) is 4.47. The molecule has 0 saturated carbocycles. The maximum absolute atomic E-state index is 10.8. The fraction of sp³-hybridized carbons (Fsp3) is 0.900. The highest BCUT2D eigenvalue weighted by Crippen LogP contribution is 2.20. The highest BCUT2D eigenvalue weighted by Gasteiger charge is 2.09. The van der Waals surface area contributed by atoms with Gasteiger partial charge in [0.15, 0.2) is 0 Å². The Balaban J connectivity index is 3.26. The smallest absolute Gasteiger partial charge is 0.247 e. The largest absolute Gasteiger partial charge is 0.376 e. The Morgan fingerprint density at radius 3 is 2.57 bits per heavy atom. The van der Waals surface area contributed by atoms with Gasteiger partial charge < -0.3 is 15.2 Å². The summed E-state index contributed by atoms with van der Waals surface area (Å²) in [5.41, 5.74) is 0.316. The van der Waals surface area contributed by atoms with E-state index in [1.54, 1.807) is 0 Å². The van der Waals surface area contributed by atoms with Crippen LogP contribution in [0.1, 0.15) is 33.6 Å². The van der Waals surface area contributed by atoms with Gasteiger partial charge in [-0.2, -0.15) is 0 Å². The summed E-state index contributed by atoms with van der Waals surface area (Å²) in [7, 11) is 0. The van der Waals surface area contributed by atoms with Gasteiger partial charge in [-0.1, -0.05) is 20.8 Å². The van der Waals surface area contributed by atoms with Crippen molar-refractivity contribution in [2.24, 2.45) is 5.41 Å². The van der Waals surface area contributed by atoms with Gasteiger partial charge in [0.25, 0.3) is 0 Å². The normalized spacial score (nSPS) is 11.4. The van der Waals surface area contributed by atoms with Crippen LogP contribution in [0.5, 0.6) is 0 Å². The molecule has 0 heterocycles. The molecule has 0 aliphatic carbocycles. The van der Waals surface area contributed by atoms with Crippen molar-refractivity contribution in [2.75, 3.05) is 19.9 Å². The molecule has 0 fully saturated rings. The van der Waals surface area contributed by atoms with Crippen LogP contribution >= 0.6 is 0 Å². The van der Waals surface area contributed by atoms with Crippen molar-refractivity contribution in [1.29, 1.82) is 0 Å². The minimum absolute atomic E-state index is 0.0324. The molecule has 0 atom stereocenters. The Morgan fingerprint density at radius 2 is 2.07 bits per heavy atom. The van der Waals surface area contributed by atoms with Crippen molar-refractivity contribution < 1.29 is 14.6 Å². The Bertz CT molecular complexity index is 163. The van der Waals surface area contributed by atoms with Crippen molar-refractivity contribution in [3.05, 3.63) is 0 Å². The first-order valence-corrected chi connectivity index (χ1v) is 4.91. The number of hydrogen-bond donors (Lipinski definition) is 2. The third kappa shape index (κ3) is 9.48. The number of carbonyl (C=O) groups excluding carboxylic acids is 1. The Hall–Kier alpha value is -0.610. The molecular weight excluding hydrogens is 182 g/mol. The molecule has 84 valence electrons. The van der Waals surface area contributed by atoms with Crippen LogP contribution in [0.25, 0.3) is 0 Å². The number of hydrogen-bond acceptors (Lipinski definition) is 3. The van der Waals surface area contributed by atoms with E-state index in [1.807, 2.05) is 0 Å². The van der Waals surface area contributed by atoms with Crippen LogP contribution in [-0.2, 0) is 9.53 Å². The van der Waals surface area contributed by atoms with Crippen LogP contribution in [-0.4, -0.2) is 31.0 Å². The molecular formula is C10H21NO3. The lowest BCUT2D eigenvalue weighted by Gasteiger charge is -2.17. The Morgan fingerprint density at radius 1 is 1.43 bits per heavy atom. The van der Waals surface area contributed by atoms with Gasteiger partial charge in [-0.25, -0.2) is 0 Å². The van der Waals surface area contributed by atoms with E-state index in [1.165, 1.54) is 0 Å². The van der Waals surface area contributed by atoms with Crippen molar-refractivity contribution in [3.63, 3.8) is 0 Å². The van der Waals surface area contributed by atoms with Gasteiger partial charge in [-0.3, -0.25) is 4.79 Å². The lowest BCUT2D eigenvalue weighted by molar-refractivity contribution is -0.126. The van der Waals surface area contributed by atoms with Crippen molar-refractivity contribution in [2.45, 2.75) is 33.6 Å². The first-order valence-electron chi connectivity index (χ1n) is 4.91. The van der Waals surface area contributed by atoms with E-state index in [9.17, 15) is 4.79 Å². The number of nitrogens with one attached hydrogen (secondary N) is 1. The third-order valence-corrected chi connectivity index (χ3v) is 1.72. The van der Waals surface area contributed by atoms with Gasteiger partial charge in [0.1, 0.15) is 13.3 Å². The third-order valence-electron chi connectivity index (χ3n) is 1.72. The SMILES string of the molecule is CC(C)(C)CCCOCC(=O)NCO. The average Bonchev–Trinajstić information content (AvgIpc) is 2.02. The molecule has 0 aromatic rings. The number of rotatable bonds is 6. The first kappa shape index (κ1) is 13.4. The summed E-state index contributed by atoms with van der Waals surface area (Å²) in [5, 5.41) is 10.6. The number of carbonyl (C=O) groups is 1. The van der Waals surface area contributed by atoms with Gasteiger partial charge in [0.05, 0.1) is 0 Å². The Kier molecular flexibility index (Phi) is 6.49. The lowest BCUT2D eigenvalue weighted by Crippen LogP contribution is -2.28. The van der Waals surface area contributed by atoms with Gasteiger partial charge in [-0.15, -0.1) is 0 Å². The van der Waals surface area contributed by atoms with Gasteiger partial charge in [0, 0.05) is 6.61 Å². The van der Waals surface area contributed by atoms with E-state index in [0.717, 1.165) is 12.8 Å².